The summed E-state index contributed by atoms with van der Waals surface area (Å²) >= 11 is 3.24. The Hall–Kier alpha value is -2.06. The summed E-state index contributed by atoms with van der Waals surface area (Å²) < 4.78 is 25.1. The zero-order chi connectivity index (χ0) is 22.2. The lowest BCUT2D eigenvalue weighted by Gasteiger charge is -2.00. The summed E-state index contributed by atoms with van der Waals surface area (Å²) in [6, 6.07) is 12.7. The molecule has 2 aromatic carbocycles. The Morgan fingerprint density at radius 2 is 0.967 bits per heavy atom. The summed E-state index contributed by atoms with van der Waals surface area (Å²) in [6.45, 7) is 0. The van der Waals surface area contributed by atoms with Crippen molar-refractivity contribution in [3.63, 3.8) is 0 Å². The minimum absolute atomic E-state index is 0.226. The van der Waals surface area contributed by atoms with Crippen LogP contribution in [0.25, 0.3) is 0 Å². The first-order valence-electron chi connectivity index (χ1n) is 9.57. The fourth-order valence-corrected chi connectivity index (χ4v) is 4.02. The molecule has 0 aliphatic rings. The first-order valence-corrected chi connectivity index (χ1v) is 11.5. The number of thioether (sulfide) groups is 2. The summed E-state index contributed by atoms with van der Waals surface area (Å²) in [5.41, 5.74) is 0. The van der Waals surface area contributed by atoms with Gasteiger partial charge in [-0.15, -0.1) is 23.5 Å². The fourth-order valence-electron chi connectivity index (χ4n) is 2.20. The Bertz CT molecular complexity index is 687. The van der Waals surface area contributed by atoms with E-state index in [2.05, 4.69) is 0 Å². The van der Waals surface area contributed by atoms with Crippen molar-refractivity contribution in [2.24, 2.45) is 0 Å². The van der Waals surface area contributed by atoms with Gasteiger partial charge in [0.2, 0.25) is 0 Å². The molecule has 2 N–H and O–H groups in total. The summed E-state index contributed by atoms with van der Waals surface area (Å²) in [5.74, 6) is -0.211. The first kappa shape index (κ1) is 26.0. The number of unbranched alkanes of at least 4 members (excludes halogenated alkanes) is 2. The van der Waals surface area contributed by atoms with Crippen molar-refractivity contribution >= 4 is 35.5 Å². The van der Waals surface area contributed by atoms with Gasteiger partial charge in [-0.3, -0.25) is 9.59 Å². The predicted molar refractivity (Wildman–Crippen MR) is 117 cm³/mol. The average Bonchev–Trinajstić information content (AvgIpc) is 2.70. The number of carbonyl (C=O) groups is 2. The van der Waals surface area contributed by atoms with Gasteiger partial charge in [-0.25, -0.2) is 8.78 Å². The number of halogens is 2. The Labute approximate surface area is 184 Å². The summed E-state index contributed by atoms with van der Waals surface area (Å²) in [6.07, 6.45) is 3.59. The third-order valence-corrected chi connectivity index (χ3v) is 5.93. The lowest BCUT2D eigenvalue weighted by atomic mass is 10.2. The van der Waals surface area contributed by atoms with E-state index in [0.29, 0.717) is 12.8 Å². The van der Waals surface area contributed by atoms with Gasteiger partial charge in [-0.1, -0.05) is 0 Å². The molecule has 0 aliphatic carbocycles. The van der Waals surface area contributed by atoms with E-state index in [1.54, 1.807) is 47.8 Å². The van der Waals surface area contributed by atoms with Crippen LogP contribution >= 0.6 is 23.5 Å². The van der Waals surface area contributed by atoms with E-state index in [4.69, 9.17) is 10.2 Å². The number of rotatable bonds is 12. The zero-order valence-corrected chi connectivity index (χ0v) is 18.2. The quantitative estimate of drug-likeness (QED) is 0.286. The molecule has 0 atom stereocenters. The molecule has 0 unspecified atom stereocenters. The standard InChI is InChI=1S/2C11H13FO2S/c2*12-9-4-6-10(7-5-9)15-8-2-1-3-11(13)14/h2*4-7H,1-3,8H2,(H,13,14). The molecule has 0 aliphatic heterocycles. The fraction of sp³-hybridized carbons (Fsp3) is 0.364. The number of hydrogen-bond donors (Lipinski definition) is 2. The highest BCUT2D eigenvalue weighted by Crippen LogP contribution is 2.20. The predicted octanol–water partition coefficient (Wildman–Crippen LogP) is 6.35. The SMILES string of the molecule is O=C(O)CCCCSc1ccc(F)cc1.O=C(O)CCCCSc1ccc(F)cc1. The maximum absolute atomic E-state index is 12.5. The normalized spacial score (nSPS) is 10.2. The van der Waals surface area contributed by atoms with Gasteiger partial charge in [0.25, 0.3) is 0 Å². The lowest BCUT2D eigenvalue weighted by Crippen LogP contribution is -1.94. The van der Waals surface area contributed by atoms with E-state index < -0.39 is 11.9 Å². The van der Waals surface area contributed by atoms with Crippen LogP contribution in [0.4, 0.5) is 8.78 Å². The molecule has 0 radical (unpaired) electrons. The molecule has 164 valence electrons. The number of benzene rings is 2. The lowest BCUT2D eigenvalue weighted by molar-refractivity contribution is -0.138. The molecule has 0 amide bonds. The van der Waals surface area contributed by atoms with Crippen LogP contribution in [0.5, 0.6) is 0 Å². The van der Waals surface area contributed by atoms with Crippen molar-refractivity contribution < 1.29 is 28.6 Å². The third-order valence-electron chi connectivity index (χ3n) is 3.73. The molecule has 0 fully saturated rings. The molecule has 2 aromatic rings. The Balaban J connectivity index is 0.000000300. The van der Waals surface area contributed by atoms with Crippen molar-refractivity contribution in [2.75, 3.05) is 11.5 Å². The first-order chi connectivity index (χ1) is 14.4. The van der Waals surface area contributed by atoms with Crippen LogP contribution in [0.1, 0.15) is 38.5 Å². The van der Waals surface area contributed by atoms with Gasteiger partial charge in [0, 0.05) is 22.6 Å². The van der Waals surface area contributed by atoms with Crippen molar-refractivity contribution in [3.8, 4) is 0 Å². The van der Waals surface area contributed by atoms with Crippen LogP contribution in [0, 0.1) is 11.6 Å². The van der Waals surface area contributed by atoms with Gasteiger partial charge in [0.15, 0.2) is 0 Å². The van der Waals surface area contributed by atoms with E-state index in [1.165, 1.54) is 24.3 Å². The minimum atomic E-state index is -0.748. The van der Waals surface area contributed by atoms with Crippen molar-refractivity contribution in [3.05, 3.63) is 60.2 Å². The van der Waals surface area contributed by atoms with Crippen LogP contribution in [-0.4, -0.2) is 33.7 Å². The molecule has 0 bridgehead atoms. The number of carboxylic acid groups (broad SMARTS) is 2. The van der Waals surface area contributed by atoms with Gasteiger partial charge in [-0.2, -0.15) is 0 Å². The van der Waals surface area contributed by atoms with Crippen LogP contribution in [0.15, 0.2) is 58.3 Å². The van der Waals surface area contributed by atoms with Gasteiger partial charge >= 0.3 is 11.9 Å². The minimum Gasteiger partial charge on any atom is -0.481 e. The van der Waals surface area contributed by atoms with E-state index >= 15 is 0 Å². The van der Waals surface area contributed by atoms with Gasteiger partial charge in [0.1, 0.15) is 11.6 Å². The average molecular weight is 457 g/mol. The molecule has 0 aromatic heterocycles. The molecular formula is C22H26F2O4S2. The van der Waals surface area contributed by atoms with Crippen LogP contribution in [0.2, 0.25) is 0 Å². The smallest absolute Gasteiger partial charge is 0.303 e. The molecule has 4 nitrogen and oxygen atoms in total. The number of aliphatic carboxylic acids is 2. The second kappa shape index (κ2) is 15.7. The molecule has 2 rings (SSSR count). The molecular weight excluding hydrogens is 430 g/mol. The summed E-state index contributed by atoms with van der Waals surface area (Å²) in [5, 5.41) is 16.8. The Morgan fingerprint density at radius 3 is 1.27 bits per heavy atom. The Morgan fingerprint density at radius 1 is 0.633 bits per heavy atom. The molecule has 30 heavy (non-hydrogen) atoms. The van der Waals surface area contributed by atoms with Crippen LogP contribution < -0.4 is 0 Å². The molecule has 0 saturated carbocycles. The van der Waals surface area contributed by atoms with Gasteiger partial charge in [-0.05, 0) is 85.7 Å². The highest BCUT2D eigenvalue weighted by atomic mass is 32.2. The maximum atomic E-state index is 12.5. The van der Waals surface area contributed by atoms with Crippen molar-refractivity contribution in [1.82, 2.24) is 0 Å². The van der Waals surface area contributed by atoms with Crippen LogP contribution in [0.3, 0.4) is 0 Å². The van der Waals surface area contributed by atoms with Gasteiger partial charge < -0.3 is 10.2 Å². The number of carboxylic acids is 2. The monoisotopic (exact) mass is 456 g/mol. The topological polar surface area (TPSA) is 74.6 Å². The number of hydrogen-bond acceptors (Lipinski definition) is 4. The van der Waals surface area contributed by atoms with Crippen molar-refractivity contribution in [2.45, 2.75) is 48.3 Å². The highest BCUT2D eigenvalue weighted by Gasteiger charge is 1.99. The maximum Gasteiger partial charge on any atom is 0.303 e. The second-order valence-electron chi connectivity index (χ2n) is 6.31. The van der Waals surface area contributed by atoms with E-state index in [-0.39, 0.29) is 24.5 Å². The van der Waals surface area contributed by atoms with E-state index in [0.717, 1.165) is 34.1 Å². The van der Waals surface area contributed by atoms with Crippen molar-refractivity contribution in [1.29, 1.82) is 0 Å². The molecule has 0 spiro atoms. The highest BCUT2D eigenvalue weighted by molar-refractivity contribution is 7.99. The molecule has 8 heteroatoms. The summed E-state index contributed by atoms with van der Waals surface area (Å²) in [4.78, 5) is 22.5. The molecule has 0 saturated heterocycles. The van der Waals surface area contributed by atoms with E-state index in [9.17, 15) is 18.4 Å². The van der Waals surface area contributed by atoms with E-state index in [1.807, 2.05) is 0 Å². The van der Waals surface area contributed by atoms with Crippen LogP contribution in [-0.2, 0) is 9.59 Å². The zero-order valence-electron chi connectivity index (χ0n) is 16.6. The third kappa shape index (κ3) is 14.0. The molecule has 0 heterocycles. The Kier molecular flexibility index (Phi) is 13.6. The summed E-state index contributed by atoms with van der Waals surface area (Å²) in [7, 11) is 0. The second-order valence-corrected chi connectivity index (χ2v) is 8.64. The van der Waals surface area contributed by atoms with Gasteiger partial charge in [0.05, 0.1) is 0 Å². The largest absolute Gasteiger partial charge is 0.481 e.